The number of aryl methyl sites for hydroxylation is 2. The number of methoxy groups -OCH3 is 1. The molecule has 2 aromatic heterocycles. The number of pyridine rings is 2. The van der Waals surface area contributed by atoms with E-state index >= 15 is 0 Å². The van der Waals surface area contributed by atoms with E-state index in [0.29, 0.717) is 5.88 Å². The van der Waals surface area contributed by atoms with E-state index in [9.17, 15) is 0 Å². The number of hydrogen-bond acceptors (Lipinski definition) is 3. The van der Waals surface area contributed by atoms with Crippen molar-refractivity contribution in [1.82, 2.24) is 9.97 Å². The summed E-state index contributed by atoms with van der Waals surface area (Å²) in [7, 11) is 1.66. The lowest BCUT2D eigenvalue weighted by Gasteiger charge is -2.27. The summed E-state index contributed by atoms with van der Waals surface area (Å²) in [6.45, 7) is 8.97. The van der Waals surface area contributed by atoms with Gasteiger partial charge in [0.2, 0.25) is 5.88 Å². The van der Waals surface area contributed by atoms with Crippen molar-refractivity contribution < 1.29 is 4.74 Å². The van der Waals surface area contributed by atoms with Crippen molar-refractivity contribution in [2.24, 2.45) is 0 Å². The van der Waals surface area contributed by atoms with Crippen LogP contribution in [0.4, 0.5) is 0 Å². The predicted octanol–water partition coefficient (Wildman–Crippen LogP) is 4.25. The number of ether oxygens (including phenoxy) is 1. The Morgan fingerprint density at radius 1 is 1.05 bits per heavy atom. The standard InChI is InChI=1S/C19H24N2O/c1-12-10-21-17(22-5)9-14(12)15-11-20-16-8-6-7-13(16)18(15)19(2,3)4/h9-11H,6-8H2,1-5H3. The van der Waals surface area contributed by atoms with E-state index in [1.165, 1.54) is 34.4 Å². The van der Waals surface area contributed by atoms with Gasteiger partial charge in [0.05, 0.1) is 7.11 Å². The van der Waals surface area contributed by atoms with Crippen molar-refractivity contribution >= 4 is 0 Å². The molecule has 2 aromatic rings. The van der Waals surface area contributed by atoms with Crippen molar-refractivity contribution in [2.45, 2.75) is 52.4 Å². The van der Waals surface area contributed by atoms with Crippen LogP contribution in [0.1, 0.15) is 49.6 Å². The van der Waals surface area contributed by atoms with Crippen molar-refractivity contribution in [2.75, 3.05) is 7.11 Å². The molecule has 0 amide bonds. The maximum absolute atomic E-state index is 5.32. The quantitative estimate of drug-likeness (QED) is 0.831. The molecule has 0 saturated carbocycles. The Morgan fingerprint density at radius 3 is 2.50 bits per heavy atom. The molecule has 1 aliphatic rings. The van der Waals surface area contributed by atoms with E-state index in [4.69, 9.17) is 9.72 Å². The molecule has 2 heterocycles. The molecular weight excluding hydrogens is 272 g/mol. The molecular formula is C19H24N2O. The lowest BCUT2D eigenvalue weighted by atomic mass is 9.79. The molecule has 116 valence electrons. The third-order valence-corrected chi connectivity index (χ3v) is 4.44. The zero-order valence-corrected chi connectivity index (χ0v) is 14.2. The van der Waals surface area contributed by atoms with Gasteiger partial charge in [0.15, 0.2) is 0 Å². The summed E-state index contributed by atoms with van der Waals surface area (Å²) in [6.07, 6.45) is 7.40. The first-order chi connectivity index (χ1) is 10.4. The van der Waals surface area contributed by atoms with Crippen LogP contribution in [0, 0.1) is 6.92 Å². The molecule has 0 N–H and O–H groups in total. The molecule has 0 saturated heterocycles. The predicted molar refractivity (Wildman–Crippen MR) is 89.5 cm³/mol. The first-order valence-corrected chi connectivity index (χ1v) is 7.94. The van der Waals surface area contributed by atoms with Gasteiger partial charge in [0.25, 0.3) is 0 Å². The molecule has 3 rings (SSSR count). The average Bonchev–Trinajstić information content (AvgIpc) is 2.94. The zero-order chi connectivity index (χ0) is 15.9. The SMILES string of the molecule is COc1cc(-c2cnc3c(c2C(C)(C)C)CCC3)c(C)cn1. The van der Waals surface area contributed by atoms with Crippen molar-refractivity contribution in [3.63, 3.8) is 0 Å². The molecule has 0 bridgehead atoms. The van der Waals surface area contributed by atoms with Gasteiger partial charge in [-0.15, -0.1) is 0 Å². The van der Waals surface area contributed by atoms with Crippen molar-refractivity contribution in [3.05, 3.63) is 40.8 Å². The van der Waals surface area contributed by atoms with Crippen molar-refractivity contribution in [1.29, 1.82) is 0 Å². The summed E-state index contributed by atoms with van der Waals surface area (Å²) in [6, 6.07) is 2.03. The van der Waals surface area contributed by atoms with Crippen LogP contribution in [0.15, 0.2) is 18.5 Å². The lowest BCUT2D eigenvalue weighted by Crippen LogP contribution is -2.17. The fraction of sp³-hybridized carbons (Fsp3) is 0.474. The number of rotatable bonds is 2. The number of hydrogen-bond donors (Lipinski definition) is 0. The van der Waals surface area contributed by atoms with Crippen LogP contribution in [0.2, 0.25) is 0 Å². The topological polar surface area (TPSA) is 35.0 Å². The molecule has 0 radical (unpaired) electrons. The van der Waals surface area contributed by atoms with Crippen LogP contribution in [-0.2, 0) is 18.3 Å². The second-order valence-electron chi connectivity index (χ2n) is 7.12. The molecule has 0 aromatic carbocycles. The van der Waals surface area contributed by atoms with Gasteiger partial charge in [-0.05, 0) is 53.9 Å². The molecule has 0 aliphatic heterocycles. The fourth-order valence-electron chi connectivity index (χ4n) is 3.48. The van der Waals surface area contributed by atoms with Gasteiger partial charge in [0.1, 0.15) is 0 Å². The van der Waals surface area contributed by atoms with Gasteiger partial charge in [-0.1, -0.05) is 20.8 Å². The van der Waals surface area contributed by atoms with Gasteiger partial charge in [-0.25, -0.2) is 4.98 Å². The average molecular weight is 296 g/mol. The highest BCUT2D eigenvalue weighted by molar-refractivity contribution is 5.73. The smallest absolute Gasteiger partial charge is 0.213 e. The van der Waals surface area contributed by atoms with E-state index in [1.807, 2.05) is 18.5 Å². The monoisotopic (exact) mass is 296 g/mol. The van der Waals surface area contributed by atoms with Gasteiger partial charge < -0.3 is 4.74 Å². The minimum absolute atomic E-state index is 0.0929. The van der Waals surface area contributed by atoms with E-state index in [-0.39, 0.29) is 5.41 Å². The molecule has 3 heteroatoms. The molecule has 1 aliphatic carbocycles. The number of aromatic nitrogens is 2. The van der Waals surface area contributed by atoms with Gasteiger partial charge >= 0.3 is 0 Å². The molecule has 0 fully saturated rings. The van der Waals surface area contributed by atoms with Crippen LogP contribution >= 0.6 is 0 Å². The Labute approximate surface area is 132 Å². The number of fused-ring (bicyclic) bond motifs is 1. The van der Waals surface area contributed by atoms with Crippen LogP contribution in [0.25, 0.3) is 11.1 Å². The highest BCUT2D eigenvalue weighted by Crippen LogP contribution is 2.40. The summed E-state index contributed by atoms with van der Waals surface area (Å²) < 4.78 is 5.32. The summed E-state index contributed by atoms with van der Waals surface area (Å²) >= 11 is 0. The molecule has 22 heavy (non-hydrogen) atoms. The summed E-state index contributed by atoms with van der Waals surface area (Å²) in [4.78, 5) is 9.05. The fourth-order valence-corrected chi connectivity index (χ4v) is 3.48. The molecule has 0 unspecified atom stereocenters. The highest BCUT2D eigenvalue weighted by Gasteiger charge is 2.28. The Bertz CT molecular complexity index is 714. The normalized spacial score (nSPS) is 14.0. The van der Waals surface area contributed by atoms with E-state index in [0.717, 1.165) is 18.4 Å². The minimum atomic E-state index is 0.0929. The van der Waals surface area contributed by atoms with Gasteiger partial charge in [0, 0.05) is 29.7 Å². The first kappa shape index (κ1) is 15.0. The Kier molecular flexibility index (Phi) is 3.67. The zero-order valence-electron chi connectivity index (χ0n) is 14.2. The van der Waals surface area contributed by atoms with E-state index in [1.54, 1.807) is 7.11 Å². The lowest BCUT2D eigenvalue weighted by molar-refractivity contribution is 0.398. The van der Waals surface area contributed by atoms with Crippen LogP contribution in [0.3, 0.4) is 0 Å². The second kappa shape index (κ2) is 5.38. The number of nitrogens with zero attached hydrogens (tertiary/aromatic N) is 2. The minimum Gasteiger partial charge on any atom is -0.481 e. The first-order valence-electron chi connectivity index (χ1n) is 7.94. The van der Waals surface area contributed by atoms with Gasteiger partial charge in [-0.3, -0.25) is 4.98 Å². The molecule has 0 atom stereocenters. The van der Waals surface area contributed by atoms with Gasteiger partial charge in [-0.2, -0.15) is 0 Å². The summed E-state index contributed by atoms with van der Waals surface area (Å²) in [5, 5.41) is 0. The molecule has 3 nitrogen and oxygen atoms in total. The Hall–Kier alpha value is -1.90. The molecule has 0 spiro atoms. The Balaban J connectivity index is 2.28. The highest BCUT2D eigenvalue weighted by atomic mass is 16.5. The van der Waals surface area contributed by atoms with E-state index < -0.39 is 0 Å². The summed E-state index contributed by atoms with van der Waals surface area (Å²) in [5.41, 5.74) is 7.84. The maximum Gasteiger partial charge on any atom is 0.213 e. The third kappa shape index (κ3) is 2.49. The van der Waals surface area contributed by atoms with Crippen LogP contribution in [0.5, 0.6) is 5.88 Å². The summed E-state index contributed by atoms with van der Waals surface area (Å²) in [5.74, 6) is 0.654. The Morgan fingerprint density at radius 2 is 1.82 bits per heavy atom. The second-order valence-corrected chi connectivity index (χ2v) is 7.12. The van der Waals surface area contributed by atoms with E-state index in [2.05, 4.69) is 32.7 Å². The van der Waals surface area contributed by atoms with Crippen LogP contribution < -0.4 is 4.74 Å². The van der Waals surface area contributed by atoms with Crippen molar-refractivity contribution in [3.8, 4) is 17.0 Å². The maximum atomic E-state index is 5.32. The third-order valence-electron chi connectivity index (χ3n) is 4.44. The largest absolute Gasteiger partial charge is 0.481 e. The van der Waals surface area contributed by atoms with Crippen LogP contribution in [-0.4, -0.2) is 17.1 Å².